The van der Waals surface area contributed by atoms with E-state index in [1.165, 1.54) is 12.1 Å². The van der Waals surface area contributed by atoms with E-state index in [-0.39, 0.29) is 11.9 Å². The molecule has 0 aliphatic rings. The van der Waals surface area contributed by atoms with Crippen molar-refractivity contribution >= 4 is 27.5 Å². The number of aromatic nitrogens is 2. The quantitative estimate of drug-likeness (QED) is 0.868. The summed E-state index contributed by atoms with van der Waals surface area (Å²) in [6.07, 6.45) is 2.58. The molecule has 1 unspecified atom stereocenters. The van der Waals surface area contributed by atoms with Crippen LogP contribution in [0.25, 0.3) is 0 Å². The highest BCUT2D eigenvalue weighted by atomic mass is 79.9. The second-order valence-electron chi connectivity index (χ2n) is 4.53. The number of hydrogen-bond donors (Lipinski definition) is 1. The second-order valence-corrected chi connectivity index (χ2v) is 5.85. The Morgan fingerprint density at radius 1 is 1.45 bits per heavy atom. The number of rotatable bonds is 5. The maximum Gasteiger partial charge on any atom is 0.124 e. The van der Waals surface area contributed by atoms with E-state index in [1.807, 2.05) is 17.8 Å². The lowest BCUT2D eigenvalue weighted by Crippen LogP contribution is -2.22. The molecule has 0 radical (unpaired) electrons. The van der Waals surface area contributed by atoms with E-state index >= 15 is 0 Å². The minimum atomic E-state index is -0.285. The predicted octanol–water partition coefficient (Wildman–Crippen LogP) is 4.16. The van der Waals surface area contributed by atoms with Gasteiger partial charge in [0.15, 0.2) is 0 Å². The topological polar surface area (TPSA) is 29.9 Å². The minimum Gasteiger partial charge on any atom is -0.308 e. The van der Waals surface area contributed by atoms with Crippen molar-refractivity contribution in [3.8, 4) is 0 Å². The van der Waals surface area contributed by atoms with E-state index in [1.54, 1.807) is 6.20 Å². The summed E-state index contributed by atoms with van der Waals surface area (Å²) < 4.78 is 16.2. The molecule has 1 aromatic carbocycles. The largest absolute Gasteiger partial charge is 0.308 e. The lowest BCUT2D eigenvalue weighted by molar-refractivity contribution is 0.532. The van der Waals surface area contributed by atoms with Gasteiger partial charge in [0.05, 0.1) is 23.0 Å². The fraction of sp³-hybridized carbons (Fsp3) is 0.357. The van der Waals surface area contributed by atoms with Gasteiger partial charge < -0.3 is 5.32 Å². The van der Waals surface area contributed by atoms with E-state index in [0.717, 1.165) is 24.2 Å². The van der Waals surface area contributed by atoms with Crippen LogP contribution in [-0.4, -0.2) is 16.8 Å². The number of halogens is 3. The van der Waals surface area contributed by atoms with E-state index in [4.69, 9.17) is 11.6 Å². The molecule has 0 spiro atoms. The first-order chi connectivity index (χ1) is 9.56. The van der Waals surface area contributed by atoms with Gasteiger partial charge in [0.1, 0.15) is 5.82 Å². The molecule has 0 amide bonds. The van der Waals surface area contributed by atoms with Crippen LogP contribution in [0.1, 0.15) is 30.6 Å². The molecule has 0 fully saturated rings. The molecule has 6 heteroatoms. The van der Waals surface area contributed by atoms with Gasteiger partial charge >= 0.3 is 0 Å². The fourth-order valence-corrected chi connectivity index (χ4v) is 2.99. The van der Waals surface area contributed by atoms with E-state index in [9.17, 15) is 4.39 Å². The van der Waals surface area contributed by atoms with Crippen LogP contribution in [-0.2, 0) is 6.54 Å². The van der Waals surface area contributed by atoms with Crippen LogP contribution in [0.2, 0.25) is 5.02 Å². The Morgan fingerprint density at radius 3 is 2.80 bits per heavy atom. The van der Waals surface area contributed by atoms with Crippen molar-refractivity contribution in [1.29, 1.82) is 0 Å². The summed E-state index contributed by atoms with van der Waals surface area (Å²) in [5.41, 5.74) is 1.66. The monoisotopic (exact) mass is 359 g/mol. The van der Waals surface area contributed by atoms with Crippen molar-refractivity contribution in [3.63, 3.8) is 0 Å². The first kappa shape index (κ1) is 15.5. The van der Waals surface area contributed by atoms with Crippen LogP contribution in [0, 0.1) is 5.82 Å². The molecule has 20 heavy (non-hydrogen) atoms. The Kier molecular flexibility index (Phi) is 5.18. The van der Waals surface area contributed by atoms with Crippen LogP contribution in [0.4, 0.5) is 4.39 Å². The van der Waals surface area contributed by atoms with Crippen molar-refractivity contribution in [2.45, 2.75) is 25.9 Å². The van der Waals surface area contributed by atoms with E-state index in [0.29, 0.717) is 9.50 Å². The van der Waals surface area contributed by atoms with Gasteiger partial charge in [0.25, 0.3) is 0 Å². The molecule has 2 aromatic rings. The Balaban J connectivity index is 2.49. The van der Waals surface area contributed by atoms with Gasteiger partial charge in [-0.05, 0) is 37.2 Å². The summed E-state index contributed by atoms with van der Waals surface area (Å²) in [6, 6.07) is 4.61. The van der Waals surface area contributed by atoms with Crippen LogP contribution >= 0.6 is 27.5 Å². The average molecular weight is 361 g/mol. The molecule has 2 rings (SSSR count). The van der Waals surface area contributed by atoms with Crippen molar-refractivity contribution in [1.82, 2.24) is 15.1 Å². The average Bonchev–Trinajstić information content (AvgIpc) is 2.72. The number of aryl methyl sites for hydroxylation is 1. The zero-order valence-electron chi connectivity index (χ0n) is 11.3. The normalized spacial score (nSPS) is 12.7. The molecule has 0 saturated heterocycles. The third kappa shape index (κ3) is 3.22. The molecule has 1 atom stereocenters. The standard InChI is InChI=1S/C14H16BrClFN3/c1-3-4-20-14(12(16)8-19-20)13(18-2)9-5-10(15)7-11(17)6-9/h5-8,13,18H,3-4H2,1-2H3. The van der Waals surface area contributed by atoms with Gasteiger partial charge in [-0.15, -0.1) is 0 Å². The van der Waals surface area contributed by atoms with Crippen molar-refractivity contribution < 1.29 is 4.39 Å². The third-order valence-electron chi connectivity index (χ3n) is 3.05. The lowest BCUT2D eigenvalue weighted by Gasteiger charge is -2.19. The Bertz CT molecular complexity index is 580. The predicted molar refractivity (Wildman–Crippen MR) is 82.5 cm³/mol. The zero-order chi connectivity index (χ0) is 14.7. The highest BCUT2D eigenvalue weighted by molar-refractivity contribution is 9.10. The van der Waals surface area contributed by atoms with Gasteiger partial charge in [-0.3, -0.25) is 4.68 Å². The van der Waals surface area contributed by atoms with Crippen molar-refractivity contribution in [3.05, 3.63) is 51.0 Å². The molecule has 1 aromatic heterocycles. The molecule has 1 N–H and O–H groups in total. The van der Waals surface area contributed by atoms with Crippen molar-refractivity contribution in [2.75, 3.05) is 7.05 Å². The minimum absolute atomic E-state index is 0.205. The summed E-state index contributed by atoms with van der Waals surface area (Å²) in [7, 11) is 1.82. The molecule has 3 nitrogen and oxygen atoms in total. The fourth-order valence-electron chi connectivity index (χ4n) is 2.25. The maximum atomic E-state index is 13.6. The Labute approximate surface area is 131 Å². The van der Waals surface area contributed by atoms with Crippen LogP contribution in [0.15, 0.2) is 28.9 Å². The number of nitrogens with one attached hydrogen (secondary N) is 1. The molecule has 0 aliphatic carbocycles. The molecule has 0 bridgehead atoms. The zero-order valence-corrected chi connectivity index (χ0v) is 13.7. The molecular weight excluding hydrogens is 345 g/mol. The van der Waals surface area contributed by atoms with Gasteiger partial charge in [-0.25, -0.2) is 4.39 Å². The highest BCUT2D eigenvalue weighted by Gasteiger charge is 2.21. The van der Waals surface area contributed by atoms with Gasteiger partial charge in [0.2, 0.25) is 0 Å². The Morgan fingerprint density at radius 2 is 2.20 bits per heavy atom. The molecular formula is C14H16BrClFN3. The van der Waals surface area contributed by atoms with Gasteiger partial charge in [0, 0.05) is 11.0 Å². The van der Waals surface area contributed by atoms with Crippen LogP contribution in [0.3, 0.4) is 0 Å². The van der Waals surface area contributed by atoms with Gasteiger partial charge in [-0.2, -0.15) is 5.10 Å². The molecule has 108 valence electrons. The third-order valence-corrected chi connectivity index (χ3v) is 3.80. The molecule has 0 aliphatic heterocycles. The first-order valence-corrected chi connectivity index (χ1v) is 7.58. The smallest absolute Gasteiger partial charge is 0.124 e. The summed E-state index contributed by atoms with van der Waals surface area (Å²) >= 11 is 9.57. The van der Waals surface area contributed by atoms with E-state index in [2.05, 4.69) is 33.3 Å². The van der Waals surface area contributed by atoms with Crippen molar-refractivity contribution in [2.24, 2.45) is 0 Å². The summed E-state index contributed by atoms with van der Waals surface area (Å²) in [6.45, 7) is 2.85. The lowest BCUT2D eigenvalue weighted by atomic mass is 10.0. The number of benzene rings is 1. The summed E-state index contributed by atoms with van der Waals surface area (Å²) in [5, 5.41) is 8.05. The van der Waals surface area contributed by atoms with Crippen LogP contribution in [0.5, 0.6) is 0 Å². The molecule has 1 heterocycles. The second kappa shape index (κ2) is 6.70. The van der Waals surface area contributed by atoms with Gasteiger partial charge in [-0.1, -0.05) is 34.5 Å². The SMILES string of the molecule is CCCn1ncc(Cl)c1C(NC)c1cc(F)cc(Br)c1. The summed E-state index contributed by atoms with van der Waals surface area (Å²) in [5.74, 6) is -0.285. The molecule has 0 saturated carbocycles. The van der Waals surface area contributed by atoms with Crippen LogP contribution < -0.4 is 5.32 Å². The number of hydrogen-bond acceptors (Lipinski definition) is 2. The highest BCUT2D eigenvalue weighted by Crippen LogP contribution is 2.30. The van der Waals surface area contributed by atoms with E-state index < -0.39 is 0 Å². The summed E-state index contributed by atoms with van der Waals surface area (Å²) in [4.78, 5) is 0. The first-order valence-electron chi connectivity index (χ1n) is 6.41. The Hall–Kier alpha value is -0.910. The number of nitrogens with zero attached hydrogens (tertiary/aromatic N) is 2. The maximum absolute atomic E-state index is 13.6.